The van der Waals surface area contributed by atoms with Gasteiger partial charge in [-0.05, 0) is 65.6 Å². The summed E-state index contributed by atoms with van der Waals surface area (Å²) in [5.41, 5.74) is 4.65. The number of fused-ring (bicyclic) bond motifs is 1. The molecule has 1 saturated heterocycles. The van der Waals surface area contributed by atoms with E-state index in [4.69, 9.17) is 11.6 Å². The molecule has 1 aromatic heterocycles. The van der Waals surface area contributed by atoms with Crippen LogP contribution in [-0.2, 0) is 34.2 Å². The molecule has 1 amide bonds. The van der Waals surface area contributed by atoms with Crippen LogP contribution in [0.2, 0.25) is 5.02 Å². The average molecular weight is 585 g/mol. The van der Waals surface area contributed by atoms with Crippen LogP contribution in [0.5, 0.6) is 0 Å². The summed E-state index contributed by atoms with van der Waals surface area (Å²) in [6.07, 6.45) is 5.01. The maximum atomic E-state index is 13.4. The van der Waals surface area contributed by atoms with Crippen molar-refractivity contribution in [3.63, 3.8) is 0 Å². The molecular formula is C29H37ClN6O3S. The van der Waals surface area contributed by atoms with E-state index in [0.717, 1.165) is 32.4 Å². The molecule has 11 heteroatoms. The standard InChI is InChI=1S/C29H37ClN6O3S/c1-29(2,3)19-31-17-20-7-12-25-21(15-20)5-4-6-26(25)35-18-23(33-34-35)16-27-28(37)32-13-14-36(27)40(38,39)24-10-8-22(30)9-11-24/h7-12,15,18,26-27,31H,4-6,13-14,16-17,19H2,1-3H3,(H,32,37)/t26-,27-/m1/s1. The van der Waals surface area contributed by atoms with Crippen molar-refractivity contribution in [2.24, 2.45) is 5.41 Å². The number of aryl methyl sites for hydroxylation is 1. The second-order valence-electron chi connectivity index (χ2n) is 11.9. The van der Waals surface area contributed by atoms with E-state index < -0.39 is 16.1 Å². The quantitative estimate of drug-likeness (QED) is 0.418. The predicted octanol–water partition coefficient (Wildman–Crippen LogP) is 3.72. The number of rotatable bonds is 8. The summed E-state index contributed by atoms with van der Waals surface area (Å²) in [5, 5.41) is 15.6. The first-order chi connectivity index (χ1) is 19.0. The van der Waals surface area contributed by atoms with Crippen molar-refractivity contribution in [2.45, 2.75) is 70.0 Å². The van der Waals surface area contributed by atoms with Crippen molar-refractivity contribution < 1.29 is 13.2 Å². The molecular weight excluding hydrogens is 548 g/mol. The van der Waals surface area contributed by atoms with Gasteiger partial charge in [-0.3, -0.25) is 4.79 Å². The number of benzene rings is 2. The second-order valence-corrected chi connectivity index (χ2v) is 14.2. The third kappa shape index (κ3) is 6.40. The van der Waals surface area contributed by atoms with E-state index in [1.807, 2.05) is 10.9 Å². The Bertz CT molecular complexity index is 1470. The highest BCUT2D eigenvalue weighted by atomic mass is 35.5. The molecule has 40 heavy (non-hydrogen) atoms. The first-order valence-corrected chi connectivity index (χ1v) is 15.6. The lowest BCUT2D eigenvalue weighted by molar-refractivity contribution is -0.126. The van der Waals surface area contributed by atoms with Crippen molar-refractivity contribution in [3.05, 3.63) is 76.1 Å². The highest BCUT2D eigenvalue weighted by Gasteiger charge is 2.39. The zero-order valence-electron chi connectivity index (χ0n) is 23.2. The minimum atomic E-state index is -3.90. The van der Waals surface area contributed by atoms with Gasteiger partial charge < -0.3 is 10.6 Å². The van der Waals surface area contributed by atoms with Gasteiger partial charge in [0.2, 0.25) is 15.9 Å². The molecule has 1 fully saturated rings. The van der Waals surface area contributed by atoms with Crippen LogP contribution in [0.3, 0.4) is 0 Å². The maximum absolute atomic E-state index is 13.4. The largest absolute Gasteiger partial charge is 0.353 e. The first-order valence-electron chi connectivity index (χ1n) is 13.8. The molecule has 0 spiro atoms. The number of hydrogen-bond donors (Lipinski definition) is 2. The molecule has 2 aliphatic rings. The summed E-state index contributed by atoms with van der Waals surface area (Å²) in [4.78, 5) is 13.0. The number of piperazine rings is 1. The Hall–Kier alpha value is -2.79. The molecule has 2 aromatic carbocycles. The Morgan fingerprint density at radius 2 is 1.93 bits per heavy atom. The predicted molar refractivity (Wildman–Crippen MR) is 155 cm³/mol. The molecule has 1 aliphatic heterocycles. The van der Waals surface area contributed by atoms with Gasteiger partial charge in [-0.2, -0.15) is 4.31 Å². The van der Waals surface area contributed by atoms with Gasteiger partial charge in [0, 0.05) is 43.8 Å². The number of nitrogens with one attached hydrogen (secondary N) is 2. The Morgan fingerprint density at radius 3 is 2.67 bits per heavy atom. The van der Waals surface area contributed by atoms with Crippen LogP contribution in [0.25, 0.3) is 0 Å². The highest BCUT2D eigenvalue weighted by molar-refractivity contribution is 7.89. The lowest BCUT2D eigenvalue weighted by Gasteiger charge is -2.33. The van der Waals surface area contributed by atoms with E-state index in [9.17, 15) is 13.2 Å². The van der Waals surface area contributed by atoms with E-state index >= 15 is 0 Å². The summed E-state index contributed by atoms with van der Waals surface area (Å²) in [5.74, 6) is -0.339. The lowest BCUT2D eigenvalue weighted by atomic mass is 9.86. The minimum Gasteiger partial charge on any atom is -0.353 e. The number of aromatic nitrogens is 3. The highest BCUT2D eigenvalue weighted by Crippen LogP contribution is 2.33. The topological polar surface area (TPSA) is 109 Å². The Balaban J connectivity index is 1.32. The third-order valence-corrected chi connectivity index (χ3v) is 9.63. The average Bonchev–Trinajstić information content (AvgIpc) is 3.37. The number of sulfonamides is 1. The van der Waals surface area contributed by atoms with Crippen molar-refractivity contribution in [2.75, 3.05) is 19.6 Å². The van der Waals surface area contributed by atoms with Crippen molar-refractivity contribution in [1.29, 1.82) is 0 Å². The van der Waals surface area contributed by atoms with Gasteiger partial charge in [-0.25, -0.2) is 13.1 Å². The van der Waals surface area contributed by atoms with Crippen LogP contribution in [0, 0.1) is 5.41 Å². The molecule has 1 aliphatic carbocycles. The summed E-state index contributed by atoms with van der Waals surface area (Å²) in [7, 11) is -3.90. The Labute approximate surface area is 241 Å². The summed E-state index contributed by atoms with van der Waals surface area (Å²) < 4.78 is 30.0. The monoisotopic (exact) mass is 584 g/mol. The number of halogens is 1. The molecule has 0 saturated carbocycles. The SMILES string of the molecule is CC(C)(C)CNCc1ccc2c(c1)CCC[C@H]2n1cc(C[C@@H]2C(=O)NCCN2S(=O)(=O)c2ccc(Cl)cc2)nn1. The molecule has 2 heterocycles. The molecule has 214 valence electrons. The molecule has 2 N–H and O–H groups in total. The fourth-order valence-corrected chi connectivity index (χ4v) is 7.20. The smallest absolute Gasteiger partial charge is 0.243 e. The van der Waals surface area contributed by atoms with Crippen LogP contribution in [0.1, 0.15) is 62.0 Å². The van der Waals surface area contributed by atoms with E-state index in [0.29, 0.717) is 10.7 Å². The normalized spacial score (nSPS) is 20.2. The van der Waals surface area contributed by atoms with Crippen molar-refractivity contribution in [1.82, 2.24) is 29.9 Å². The van der Waals surface area contributed by atoms with Gasteiger partial charge in [0.15, 0.2) is 0 Å². The van der Waals surface area contributed by atoms with E-state index in [1.165, 1.54) is 45.3 Å². The van der Waals surface area contributed by atoms with Crippen molar-refractivity contribution in [3.8, 4) is 0 Å². The summed E-state index contributed by atoms with van der Waals surface area (Å²) in [6, 6.07) is 11.8. The maximum Gasteiger partial charge on any atom is 0.243 e. The minimum absolute atomic E-state index is 0.0515. The number of nitrogens with zero attached hydrogens (tertiary/aromatic N) is 4. The number of carbonyl (C=O) groups excluding carboxylic acids is 1. The molecule has 2 atom stereocenters. The summed E-state index contributed by atoms with van der Waals surface area (Å²) in [6.45, 7) is 8.88. The first kappa shape index (κ1) is 28.7. The van der Waals surface area contributed by atoms with Gasteiger partial charge in [-0.1, -0.05) is 55.8 Å². The van der Waals surface area contributed by atoms with Crippen LogP contribution in [-0.4, -0.2) is 59.3 Å². The van der Waals surface area contributed by atoms with Gasteiger partial charge in [0.25, 0.3) is 0 Å². The lowest BCUT2D eigenvalue weighted by Crippen LogP contribution is -2.57. The number of carbonyl (C=O) groups is 1. The Kier molecular flexibility index (Phi) is 8.33. The molecule has 9 nitrogen and oxygen atoms in total. The zero-order chi connectivity index (χ0) is 28.5. The van der Waals surface area contributed by atoms with Crippen LogP contribution < -0.4 is 10.6 Å². The zero-order valence-corrected chi connectivity index (χ0v) is 24.8. The fraction of sp³-hybridized carbons (Fsp3) is 0.483. The van der Waals surface area contributed by atoms with E-state index in [1.54, 1.807) is 0 Å². The molecule has 3 aromatic rings. The number of hydrogen-bond acceptors (Lipinski definition) is 6. The second kappa shape index (κ2) is 11.6. The van der Waals surface area contributed by atoms with Crippen LogP contribution in [0.4, 0.5) is 0 Å². The molecule has 0 bridgehead atoms. The van der Waals surface area contributed by atoms with Gasteiger partial charge >= 0.3 is 0 Å². The van der Waals surface area contributed by atoms with Crippen LogP contribution >= 0.6 is 11.6 Å². The van der Waals surface area contributed by atoms with Crippen LogP contribution in [0.15, 0.2) is 53.6 Å². The van der Waals surface area contributed by atoms with Crippen molar-refractivity contribution >= 4 is 27.5 Å². The van der Waals surface area contributed by atoms with Gasteiger partial charge in [0.1, 0.15) is 6.04 Å². The summed E-state index contributed by atoms with van der Waals surface area (Å²) >= 11 is 5.95. The number of amides is 1. The van der Waals surface area contributed by atoms with E-state index in [-0.39, 0.29) is 41.8 Å². The van der Waals surface area contributed by atoms with Gasteiger partial charge in [0.05, 0.1) is 16.6 Å². The molecule has 5 rings (SSSR count). The Morgan fingerprint density at radius 1 is 1.15 bits per heavy atom. The van der Waals surface area contributed by atoms with E-state index in [2.05, 4.69) is 59.9 Å². The fourth-order valence-electron chi connectivity index (χ4n) is 5.48. The third-order valence-electron chi connectivity index (χ3n) is 7.46. The molecule has 0 unspecified atom stereocenters. The van der Waals surface area contributed by atoms with Gasteiger partial charge in [-0.15, -0.1) is 5.10 Å². The molecule has 0 radical (unpaired) electrons.